The van der Waals surface area contributed by atoms with Crippen molar-refractivity contribution >= 4 is 53.7 Å². The van der Waals surface area contributed by atoms with Crippen LogP contribution in [0.15, 0.2) is 162 Å². The fraction of sp³-hybridized carbons (Fsp3) is 0.0526. The summed E-state index contributed by atoms with van der Waals surface area (Å²) in [4.78, 5) is 5.01. The number of anilines is 1. The first-order valence-electron chi connectivity index (χ1n) is 15.5. The molecule has 0 aliphatic heterocycles. The second kappa shape index (κ2) is 13.5. The molecule has 1 aliphatic rings. The molecule has 1 heterocycles. The molecule has 1 aliphatic carbocycles. The van der Waals surface area contributed by atoms with Gasteiger partial charge >= 0.3 is 10.1 Å². The van der Waals surface area contributed by atoms with Gasteiger partial charge in [-0.3, -0.25) is 9.11 Å². The molecule has 2 unspecified atom stereocenters. The predicted molar refractivity (Wildman–Crippen MR) is 194 cm³/mol. The average Bonchev–Trinajstić information content (AvgIpc) is 3.12. The van der Waals surface area contributed by atoms with Crippen molar-refractivity contribution in [2.75, 3.05) is 5.32 Å². The van der Waals surface area contributed by atoms with Crippen LogP contribution in [0.1, 0.15) is 5.56 Å². The molecule has 256 valence electrons. The molecular formula is C38H29N3O8S2. The highest BCUT2D eigenvalue weighted by atomic mass is 32.2. The molecule has 0 saturated carbocycles. The lowest BCUT2D eigenvalue weighted by Gasteiger charge is -2.41. The Morgan fingerprint density at radius 1 is 0.725 bits per heavy atom. The van der Waals surface area contributed by atoms with Gasteiger partial charge in [-0.15, -0.1) is 0 Å². The maximum atomic E-state index is 14.1. The molecule has 0 fully saturated rings. The number of ether oxygens (including phenoxy) is 2. The Balaban J connectivity index is 1.45. The molecule has 6 aromatic rings. The number of nitrogens with one attached hydrogen (secondary N) is 1. The van der Waals surface area contributed by atoms with Gasteiger partial charge in [0, 0.05) is 6.20 Å². The molecule has 7 rings (SSSR count). The number of nitrogens with zero attached hydrogens (tertiary/aromatic N) is 2. The maximum Gasteiger partial charge on any atom is 0.313 e. The topological polar surface area (TPSA) is 165 Å². The summed E-state index contributed by atoms with van der Waals surface area (Å²) in [7, 11) is -9.98. The molecule has 0 saturated heterocycles. The Morgan fingerprint density at radius 2 is 1.35 bits per heavy atom. The molecule has 13 heteroatoms. The first-order chi connectivity index (χ1) is 24.5. The van der Waals surface area contributed by atoms with Gasteiger partial charge in [0.1, 0.15) is 34.3 Å². The SMILES string of the molecule is O=S(=O)(O)c1ccccc1C=CC1C(Oc2ccc3ccccc3c2)=CC=C(Nc2ccncn2)C1(Oc1ccc2ccccc2c1)S(=O)(=O)O. The van der Waals surface area contributed by atoms with Crippen LogP contribution in [0.5, 0.6) is 11.5 Å². The molecular weight excluding hydrogens is 691 g/mol. The molecule has 5 aromatic carbocycles. The molecule has 0 amide bonds. The van der Waals surface area contributed by atoms with Gasteiger partial charge in [0.2, 0.25) is 0 Å². The third kappa shape index (κ3) is 6.83. The molecule has 2 atom stereocenters. The highest BCUT2D eigenvalue weighted by molar-refractivity contribution is 7.87. The fourth-order valence-electron chi connectivity index (χ4n) is 5.99. The van der Waals surface area contributed by atoms with Crippen molar-refractivity contribution in [3.05, 3.63) is 163 Å². The van der Waals surface area contributed by atoms with Gasteiger partial charge < -0.3 is 14.8 Å². The molecule has 11 nitrogen and oxygen atoms in total. The lowest BCUT2D eigenvalue weighted by atomic mass is 9.90. The summed E-state index contributed by atoms with van der Waals surface area (Å²) in [5.74, 6) is -0.831. The van der Waals surface area contributed by atoms with E-state index in [0.29, 0.717) is 5.75 Å². The van der Waals surface area contributed by atoms with Crippen LogP contribution in [-0.2, 0) is 20.2 Å². The number of fused-ring (bicyclic) bond motifs is 2. The van der Waals surface area contributed by atoms with Crippen LogP contribution < -0.4 is 14.8 Å². The van der Waals surface area contributed by atoms with Crippen LogP contribution in [0.3, 0.4) is 0 Å². The number of hydrogen-bond donors (Lipinski definition) is 3. The Bertz CT molecular complexity index is 2590. The molecule has 0 bridgehead atoms. The molecule has 3 N–H and O–H groups in total. The normalized spacial score (nSPS) is 18.0. The predicted octanol–water partition coefficient (Wildman–Crippen LogP) is 7.29. The fourth-order valence-corrected chi connectivity index (χ4v) is 7.79. The summed E-state index contributed by atoms with van der Waals surface area (Å²) in [5.41, 5.74) is -0.0969. The van der Waals surface area contributed by atoms with Crippen molar-refractivity contribution in [1.29, 1.82) is 0 Å². The van der Waals surface area contributed by atoms with Gasteiger partial charge in [-0.25, -0.2) is 9.97 Å². The summed E-state index contributed by atoms with van der Waals surface area (Å²) in [6, 6.07) is 32.5. The number of allylic oxidation sites excluding steroid dienone is 2. The average molecular weight is 720 g/mol. The van der Waals surface area contributed by atoms with E-state index in [-0.39, 0.29) is 28.6 Å². The monoisotopic (exact) mass is 719 g/mol. The summed E-state index contributed by atoms with van der Waals surface area (Å²) in [5, 5.41) is 6.39. The van der Waals surface area contributed by atoms with Crippen LogP contribution in [0.25, 0.3) is 27.6 Å². The van der Waals surface area contributed by atoms with Crippen LogP contribution in [0, 0.1) is 5.92 Å². The zero-order valence-electron chi connectivity index (χ0n) is 26.6. The summed E-state index contributed by atoms with van der Waals surface area (Å²) in [6.07, 6.45) is 8.31. The second-order valence-electron chi connectivity index (χ2n) is 11.6. The lowest BCUT2D eigenvalue weighted by Crippen LogP contribution is -2.55. The van der Waals surface area contributed by atoms with E-state index in [2.05, 4.69) is 15.3 Å². The van der Waals surface area contributed by atoms with Crippen LogP contribution in [0.4, 0.5) is 5.82 Å². The number of rotatable bonds is 10. The van der Waals surface area contributed by atoms with Gasteiger partial charge in [0.25, 0.3) is 15.1 Å². The van der Waals surface area contributed by atoms with Crippen molar-refractivity contribution in [2.24, 2.45) is 5.92 Å². The third-order valence-electron chi connectivity index (χ3n) is 8.35. The molecule has 51 heavy (non-hydrogen) atoms. The minimum absolute atomic E-state index is 0.0255. The Morgan fingerprint density at radius 3 is 2.00 bits per heavy atom. The van der Waals surface area contributed by atoms with E-state index < -0.39 is 36.0 Å². The highest BCUT2D eigenvalue weighted by Gasteiger charge is 2.58. The van der Waals surface area contributed by atoms with Crippen molar-refractivity contribution in [1.82, 2.24) is 9.97 Å². The van der Waals surface area contributed by atoms with E-state index in [1.807, 2.05) is 54.6 Å². The van der Waals surface area contributed by atoms with Crippen molar-refractivity contribution in [3.8, 4) is 11.5 Å². The standard InChI is InChI=1S/C38H29N3O8S2/c42-50(43,44)35-12-6-5-9-28(35)15-18-33-34(48-31-16-13-26-7-1-3-10-29(26)23-31)19-20-36(41-37-21-22-39-25-40-37)38(33,51(45,46)47)49-32-17-14-27-8-2-4-11-30(27)24-32/h1-25,33H,(H,39,40,41)(H,42,43,44)(H,45,46,47). The number of benzene rings is 5. The number of hydrogen-bond acceptors (Lipinski definition) is 9. The largest absolute Gasteiger partial charge is 0.462 e. The Kier molecular flexibility index (Phi) is 8.87. The summed E-state index contributed by atoms with van der Waals surface area (Å²) < 4.78 is 87.0. The van der Waals surface area contributed by atoms with E-state index in [0.717, 1.165) is 21.5 Å². The first kappa shape index (κ1) is 33.6. The van der Waals surface area contributed by atoms with Gasteiger partial charge in [-0.1, -0.05) is 91.0 Å². The Hall–Kier alpha value is -5.86. The quantitative estimate of drug-likeness (QED) is 0.122. The van der Waals surface area contributed by atoms with Gasteiger partial charge in [0.05, 0.1) is 11.6 Å². The first-order valence-corrected chi connectivity index (χ1v) is 18.4. The van der Waals surface area contributed by atoms with Gasteiger partial charge in [-0.2, -0.15) is 16.8 Å². The van der Waals surface area contributed by atoms with Crippen LogP contribution >= 0.6 is 0 Å². The van der Waals surface area contributed by atoms with E-state index in [1.54, 1.807) is 36.4 Å². The third-order valence-corrected chi connectivity index (χ3v) is 10.6. The maximum absolute atomic E-state index is 14.1. The van der Waals surface area contributed by atoms with E-state index >= 15 is 0 Å². The van der Waals surface area contributed by atoms with Gasteiger partial charge in [-0.05, 0) is 75.7 Å². The minimum Gasteiger partial charge on any atom is -0.462 e. The van der Waals surface area contributed by atoms with E-state index in [9.17, 15) is 25.9 Å². The highest BCUT2D eigenvalue weighted by Crippen LogP contribution is 2.45. The summed E-state index contributed by atoms with van der Waals surface area (Å²) >= 11 is 0. The molecule has 1 aromatic heterocycles. The van der Waals surface area contributed by atoms with Crippen molar-refractivity contribution < 1.29 is 35.4 Å². The van der Waals surface area contributed by atoms with Crippen LogP contribution in [-0.4, -0.2) is 40.8 Å². The van der Waals surface area contributed by atoms with E-state index in [1.165, 1.54) is 61.1 Å². The smallest absolute Gasteiger partial charge is 0.313 e. The second-order valence-corrected chi connectivity index (χ2v) is 14.5. The molecule has 0 radical (unpaired) electrons. The zero-order chi connectivity index (χ0) is 35.6. The zero-order valence-corrected chi connectivity index (χ0v) is 28.2. The van der Waals surface area contributed by atoms with E-state index in [4.69, 9.17) is 9.47 Å². The lowest BCUT2D eigenvalue weighted by molar-refractivity contribution is 0.126. The van der Waals surface area contributed by atoms with Crippen LogP contribution in [0.2, 0.25) is 0 Å². The van der Waals surface area contributed by atoms with Gasteiger partial charge in [0.15, 0.2) is 0 Å². The van der Waals surface area contributed by atoms with Crippen molar-refractivity contribution in [2.45, 2.75) is 9.83 Å². The van der Waals surface area contributed by atoms with Crippen molar-refractivity contribution in [3.63, 3.8) is 0 Å². The Labute approximate surface area is 293 Å². The number of aromatic nitrogens is 2. The minimum atomic E-state index is -5.30. The molecule has 0 spiro atoms. The summed E-state index contributed by atoms with van der Waals surface area (Å²) in [6.45, 7) is 0.